The molecule has 1 aliphatic rings. The van der Waals surface area contributed by atoms with Crippen LogP contribution in [-0.4, -0.2) is 29.8 Å². The first-order valence-electron chi connectivity index (χ1n) is 8.33. The maximum Gasteiger partial charge on any atom is 0.339 e. The Balaban J connectivity index is 1.88. The first-order chi connectivity index (χ1) is 13.3. The van der Waals surface area contributed by atoms with Crippen molar-refractivity contribution in [1.29, 1.82) is 5.26 Å². The standard InChI is InChI=1S/C20H15N3O5/c1-11(10-21)28-20(27)13-3-8-16-17(9-13)19(26)23(18(16)25)15-6-4-14(5-7-15)22-12(2)24/h3-9,11H,1-2H3,(H,22,24)/t11-/m1/s1. The van der Waals surface area contributed by atoms with Gasteiger partial charge in [0, 0.05) is 12.6 Å². The SMILES string of the molecule is CC(=O)Nc1ccc(N2C(=O)c3ccc(C(=O)O[C@H](C)C#N)cc3C2=O)cc1. The van der Waals surface area contributed by atoms with Crippen LogP contribution >= 0.6 is 0 Å². The summed E-state index contributed by atoms with van der Waals surface area (Å²) < 4.78 is 4.92. The van der Waals surface area contributed by atoms with Gasteiger partial charge in [0.15, 0.2) is 6.10 Å². The van der Waals surface area contributed by atoms with Crippen molar-refractivity contribution in [3.05, 3.63) is 59.2 Å². The van der Waals surface area contributed by atoms with Crippen LogP contribution in [0.25, 0.3) is 0 Å². The van der Waals surface area contributed by atoms with E-state index in [1.54, 1.807) is 18.2 Å². The second-order valence-electron chi connectivity index (χ2n) is 6.11. The summed E-state index contributed by atoms with van der Waals surface area (Å²) in [7, 11) is 0. The first-order valence-corrected chi connectivity index (χ1v) is 8.33. The molecule has 0 bridgehead atoms. The fourth-order valence-electron chi connectivity index (χ4n) is 2.75. The topological polar surface area (TPSA) is 117 Å². The monoisotopic (exact) mass is 377 g/mol. The number of anilines is 2. The van der Waals surface area contributed by atoms with Crippen molar-refractivity contribution in [2.45, 2.75) is 20.0 Å². The minimum absolute atomic E-state index is 0.0739. The number of ether oxygens (including phenoxy) is 1. The number of nitrogens with zero attached hydrogens (tertiary/aromatic N) is 2. The molecule has 0 aromatic heterocycles. The summed E-state index contributed by atoms with van der Waals surface area (Å²) in [5, 5.41) is 11.3. The largest absolute Gasteiger partial charge is 0.444 e. The third-order valence-electron chi connectivity index (χ3n) is 4.03. The van der Waals surface area contributed by atoms with Gasteiger partial charge in [0.05, 0.1) is 22.4 Å². The number of nitrogens with one attached hydrogen (secondary N) is 1. The third-order valence-corrected chi connectivity index (χ3v) is 4.03. The van der Waals surface area contributed by atoms with Crippen molar-refractivity contribution in [2.75, 3.05) is 10.2 Å². The second kappa shape index (κ2) is 7.32. The highest BCUT2D eigenvalue weighted by Gasteiger charge is 2.37. The van der Waals surface area contributed by atoms with Crippen LogP contribution in [0.1, 0.15) is 44.9 Å². The van der Waals surface area contributed by atoms with Crippen LogP contribution in [-0.2, 0) is 9.53 Å². The van der Waals surface area contributed by atoms with E-state index in [1.807, 2.05) is 0 Å². The Morgan fingerprint density at radius 2 is 1.71 bits per heavy atom. The minimum atomic E-state index is -0.934. The zero-order chi connectivity index (χ0) is 20.4. The smallest absolute Gasteiger partial charge is 0.339 e. The van der Waals surface area contributed by atoms with Crippen LogP contribution in [0.5, 0.6) is 0 Å². The molecule has 1 aliphatic heterocycles. The van der Waals surface area contributed by atoms with Gasteiger partial charge in [-0.3, -0.25) is 14.4 Å². The van der Waals surface area contributed by atoms with E-state index in [2.05, 4.69) is 5.32 Å². The number of rotatable bonds is 4. The number of carbonyl (C=O) groups excluding carboxylic acids is 4. The van der Waals surface area contributed by atoms with Gasteiger partial charge in [-0.05, 0) is 49.4 Å². The van der Waals surface area contributed by atoms with Crippen LogP contribution in [0.3, 0.4) is 0 Å². The molecule has 1 heterocycles. The lowest BCUT2D eigenvalue weighted by Crippen LogP contribution is -2.29. The highest BCUT2D eigenvalue weighted by Crippen LogP contribution is 2.30. The van der Waals surface area contributed by atoms with Crippen molar-refractivity contribution in [3.8, 4) is 6.07 Å². The van der Waals surface area contributed by atoms with E-state index in [0.717, 1.165) is 4.90 Å². The Hall–Kier alpha value is -3.99. The molecule has 2 aromatic rings. The summed E-state index contributed by atoms with van der Waals surface area (Å²) in [5.41, 5.74) is 1.19. The van der Waals surface area contributed by atoms with Crippen molar-refractivity contribution in [3.63, 3.8) is 0 Å². The van der Waals surface area contributed by atoms with Gasteiger partial charge in [0.2, 0.25) is 5.91 Å². The number of carbonyl (C=O) groups is 4. The van der Waals surface area contributed by atoms with Crippen molar-refractivity contribution < 1.29 is 23.9 Å². The van der Waals surface area contributed by atoms with Crippen LogP contribution in [0.15, 0.2) is 42.5 Å². The van der Waals surface area contributed by atoms with Gasteiger partial charge in [0.25, 0.3) is 11.8 Å². The number of nitriles is 1. The molecule has 8 heteroatoms. The maximum absolute atomic E-state index is 12.8. The molecule has 2 aromatic carbocycles. The van der Waals surface area contributed by atoms with Crippen LogP contribution in [0.2, 0.25) is 0 Å². The van der Waals surface area contributed by atoms with Gasteiger partial charge in [-0.15, -0.1) is 0 Å². The number of fused-ring (bicyclic) bond motifs is 1. The van der Waals surface area contributed by atoms with Crippen molar-refractivity contribution >= 4 is 35.1 Å². The summed E-state index contributed by atoms with van der Waals surface area (Å²) in [4.78, 5) is 49.6. The molecule has 0 unspecified atom stereocenters. The second-order valence-corrected chi connectivity index (χ2v) is 6.11. The molecule has 28 heavy (non-hydrogen) atoms. The number of imide groups is 1. The molecule has 3 amide bonds. The summed E-state index contributed by atoms with van der Waals surface area (Å²) in [5.74, 6) is -2.08. The van der Waals surface area contributed by atoms with Gasteiger partial charge >= 0.3 is 5.97 Å². The number of amides is 3. The van der Waals surface area contributed by atoms with E-state index in [-0.39, 0.29) is 22.6 Å². The predicted octanol–water partition coefficient (Wildman–Crippen LogP) is 2.51. The average molecular weight is 377 g/mol. The number of hydrogen-bond donors (Lipinski definition) is 1. The molecule has 0 fully saturated rings. The Bertz CT molecular complexity index is 1040. The predicted molar refractivity (Wildman–Crippen MR) is 98.8 cm³/mol. The lowest BCUT2D eigenvalue weighted by Gasteiger charge is -2.14. The van der Waals surface area contributed by atoms with Gasteiger partial charge in [0.1, 0.15) is 6.07 Å². The molecule has 0 saturated carbocycles. The maximum atomic E-state index is 12.8. The van der Waals surface area contributed by atoms with E-state index < -0.39 is 23.9 Å². The summed E-state index contributed by atoms with van der Waals surface area (Å²) in [6, 6.07) is 12.1. The van der Waals surface area contributed by atoms with Gasteiger partial charge < -0.3 is 10.1 Å². The Morgan fingerprint density at radius 3 is 2.32 bits per heavy atom. The molecule has 0 aliphatic carbocycles. The molecule has 3 rings (SSSR count). The average Bonchev–Trinajstić information content (AvgIpc) is 2.92. The summed E-state index contributed by atoms with van der Waals surface area (Å²) in [6.07, 6.45) is -0.934. The fraction of sp³-hybridized carbons (Fsp3) is 0.150. The number of benzene rings is 2. The number of esters is 1. The Kier molecular flexibility index (Phi) is 4.92. The highest BCUT2D eigenvalue weighted by molar-refractivity contribution is 6.34. The van der Waals surface area contributed by atoms with Gasteiger partial charge in [-0.2, -0.15) is 5.26 Å². The third kappa shape index (κ3) is 3.46. The van der Waals surface area contributed by atoms with E-state index in [0.29, 0.717) is 11.4 Å². The molecule has 8 nitrogen and oxygen atoms in total. The quantitative estimate of drug-likeness (QED) is 0.646. The molecule has 0 saturated heterocycles. The van der Waals surface area contributed by atoms with Crippen LogP contribution in [0.4, 0.5) is 11.4 Å². The zero-order valence-corrected chi connectivity index (χ0v) is 15.1. The highest BCUT2D eigenvalue weighted by atomic mass is 16.5. The molecular formula is C20H15N3O5. The van der Waals surface area contributed by atoms with E-state index >= 15 is 0 Å². The normalized spacial score (nSPS) is 13.5. The molecule has 1 atom stereocenters. The lowest BCUT2D eigenvalue weighted by molar-refractivity contribution is -0.114. The van der Waals surface area contributed by atoms with Crippen molar-refractivity contribution in [2.24, 2.45) is 0 Å². The van der Waals surface area contributed by atoms with Gasteiger partial charge in [-0.1, -0.05) is 0 Å². The molecule has 0 spiro atoms. The summed E-state index contributed by atoms with van der Waals surface area (Å²) in [6.45, 7) is 2.80. The van der Waals surface area contributed by atoms with Crippen LogP contribution in [0, 0.1) is 11.3 Å². The number of hydrogen-bond acceptors (Lipinski definition) is 6. The van der Waals surface area contributed by atoms with E-state index in [4.69, 9.17) is 10.00 Å². The minimum Gasteiger partial charge on any atom is -0.444 e. The zero-order valence-electron chi connectivity index (χ0n) is 15.1. The lowest BCUT2D eigenvalue weighted by atomic mass is 10.1. The molecule has 1 N–H and O–H groups in total. The molecular weight excluding hydrogens is 362 g/mol. The summed E-state index contributed by atoms with van der Waals surface area (Å²) >= 11 is 0. The first kappa shape index (κ1) is 18.8. The molecule has 0 radical (unpaired) electrons. The van der Waals surface area contributed by atoms with Crippen LogP contribution < -0.4 is 10.2 Å². The van der Waals surface area contributed by atoms with Crippen molar-refractivity contribution in [1.82, 2.24) is 0 Å². The van der Waals surface area contributed by atoms with E-state index in [1.165, 1.54) is 44.2 Å². The van der Waals surface area contributed by atoms with Gasteiger partial charge in [-0.25, -0.2) is 9.69 Å². The fourth-order valence-corrected chi connectivity index (χ4v) is 2.75. The Morgan fingerprint density at radius 1 is 1.07 bits per heavy atom. The molecule has 140 valence electrons. The van der Waals surface area contributed by atoms with E-state index in [9.17, 15) is 19.2 Å². The Labute approximate surface area is 160 Å².